The van der Waals surface area contributed by atoms with Crippen LogP contribution in [0.25, 0.3) is 0 Å². The van der Waals surface area contributed by atoms with Crippen molar-refractivity contribution >= 4 is 21.6 Å². The Morgan fingerprint density at radius 2 is 1.46 bits per heavy atom. The molecule has 0 fully saturated rings. The van der Waals surface area contributed by atoms with Crippen molar-refractivity contribution in [3.05, 3.63) is 72.3 Å². The first-order valence-corrected chi connectivity index (χ1v) is 12.5. The Morgan fingerprint density at radius 1 is 0.829 bits per heavy atom. The second-order valence-electron chi connectivity index (χ2n) is 7.45. The lowest BCUT2D eigenvalue weighted by atomic mass is 10.1. The van der Waals surface area contributed by atoms with Crippen LogP contribution in [0.2, 0.25) is 0 Å². The third kappa shape index (κ3) is 6.57. The maximum absolute atomic E-state index is 12.7. The molecule has 1 N–H and O–H groups in total. The molecular weight excluding hydrogens is 472 g/mol. The number of nitrogens with zero attached hydrogens (tertiary/aromatic N) is 1. The lowest BCUT2D eigenvalue weighted by Gasteiger charge is -2.22. The summed E-state index contributed by atoms with van der Waals surface area (Å²) in [6, 6.07) is 19.1. The average Bonchev–Trinajstić information content (AvgIpc) is 2.85. The quantitative estimate of drug-likeness (QED) is 0.429. The summed E-state index contributed by atoms with van der Waals surface area (Å²) in [5.41, 5.74) is 0.985. The first-order chi connectivity index (χ1) is 16.8. The highest BCUT2D eigenvalue weighted by Crippen LogP contribution is 2.39. The van der Waals surface area contributed by atoms with Gasteiger partial charge >= 0.3 is 0 Å². The van der Waals surface area contributed by atoms with Crippen LogP contribution in [0.1, 0.15) is 5.56 Å². The first kappa shape index (κ1) is 25.7. The van der Waals surface area contributed by atoms with Gasteiger partial charge in [0.05, 0.1) is 33.3 Å². The van der Waals surface area contributed by atoms with E-state index in [0.29, 0.717) is 40.0 Å². The molecular formula is C25H28N2O7S. The van der Waals surface area contributed by atoms with Crippen molar-refractivity contribution in [2.24, 2.45) is 0 Å². The number of carbonyl (C=O) groups excluding carboxylic acids is 1. The zero-order chi connectivity index (χ0) is 25.4. The van der Waals surface area contributed by atoms with Crippen LogP contribution < -0.4 is 28.6 Å². The van der Waals surface area contributed by atoms with Crippen molar-refractivity contribution in [1.29, 1.82) is 0 Å². The van der Waals surface area contributed by atoms with Gasteiger partial charge in [0.25, 0.3) is 0 Å². The molecule has 9 nitrogen and oxygen atoms in total. The molecule has 0 saturated heterocycles. The topological polar surface area (TPSA) is 103 Å². The van der Waals surface area contributed by atoms with Gasteiger partial charge in [-0.15, -0.1) is 0 Å². The standard InChI is InChI=1S/C25H28N2O7S/c1-31-22-15-10-18(24(32-2)25(22)33-3)16-26-23(28)17-27(35(4,29)30)19-11-13-21(14-12-19)34-20-8-6-5-7-9-20/h5-15H,16-17H2,1-4H3,(H,26,28). The molecule has 0 aromatic heterocycles. The molecule has 35 heavy (non-hydrogen) atoms. The van der Waals surface area contributed by atoms with Crippen molar-refractivity contribution in [3.8, 4) is 28.7 Å². The monoisotopic (exact) mass is 500 g/mol. The Hall–Kier alpha value is -3.92. The number of sulfonamides is 1. The van der Waals surface area contributed by atoms with E-state index < -0.39 is 22.5 Å². The first-order valence-electron chi connectivity index (χ1n) is 10.6. The van der Waals surface area contributed by atoms with Gasteiger partial charge < -0.3 is 24.3 Å². The largest absolute Gasteiger partial charge is 0.493 e. The number of anilines is 1. The van der Waals surface area contributed by atoms with Gasteiger partial charge in [0.15, 0.2) is 11.5 Å². The molecule has 0 bridgehead atoms. The maximum Gasteiger partial charge on any atom is 0.241 e. The highest BCUT2D eigenvalue weighted by molar-refractivity contribution is 7.92. The minimum absolute atomic E-state index is 0.101. The Morgan fingerprint density at radius 3 is 2.03 bits per heavy atom. The van der Waals surface area contributed by atoms with Crippen LogP contribution in [0, 0.1) is 0 Å². The van der Waals surface area contributed by atoms with E-state index in [0.717, 1.165) is 10.6 Å². The molecule has 0 radical (unpaired) electrons. The van der Waals surface area contributed by atoms with Crippen molar-refractivity contribution in [1.82, 2.24) is 5.32 Å². The highest BCUT2D eigenvalue weighted by Gasteiger charge is 2.22. The summed E-state index contributed by atoms with van der Waals surface area (Å²) in [5.74, 6) is 2.02. The van der Waals surface area contributed by atoms with Crippen molar-refractivity contribution < 1.29 is 32.2 Å². The predicted molar refractivity (Wildman–Crippen MR) is 133 cm³/mol. The fourth-order valence-corrected chi connectivity index (χ4v) is 4.24. The van der Waals surface area contributed by atoms with Crippen LogP contribution in [-0.4, -0.2) is 48.5 Å². The molecule has 186 valence electrons. The second kappa shape index (κ2) is 11.5. The van der Waals surface area contributed by atoms with Gasteiger partial charge in [0, 0.05) is 12.1 Å². The summed E-state index contributed by atoms with van der Waals surface area (Å²) in [5, 5.41) is 2.73. The zero-order valence-electron chi connectivity index (χ0n) is 20.0. The second-order valence-corrected chi connectivity index (χ2v) is 9.36. The molecule has 0 aliphatic carbocycles. The third-order valence-corrected chi connectivity index (χ3v) is 6.19. The normalized spacial score (nSPS) is 10.9. The van der Waals surface area contributed by atoms with Crippen LogP contribution >= 0.6 is 0 Å². The molecule has 0 atom stereocenters. The van der Waals surface area contributed by atoms with Gasteiger partial charge in [-0.1, -0.05) is 18.2 Å². The molecule has 1 amide bonds. The van der Waals surface area contributed by atoms with Crippen LogP contribution in [0.15, 0.2) is 66.7 Å². The van der Waals surface area contributed by atoms with Crippen molar-refractivity contribution in [2.75, 3.05) is 38.4 Å². The Kier molecular flexibility index (Phi) is 8.43. The molecule has 0 spiro atoms. The van der Waals surface area contributed by atoms with Gasteiger partial charge in [0.1, 0.15) is 18.0 Å². The van der Waals surface area contributed by atoms with Gasteiger partial charge in [-0.25, -0.2) is 8.42 Å². The van der Waals surface area contributed by atoms with E-state index in [2.05, 4.69) is 5.32 Å². The van der Waals surface area contributed by atoms with Crippen LogP contribution in [0.5, 0.6) is 28.7 Å². The highest BCUT2D eigenvalue weighted by atomic mass is 32.2. The molecule has 0 aliphatic heterocycles. The van der Waals surface area contributed by atoms with E-state index >= 15 is 0 Å². The predicted octanol–water partition coefficient (Wildman–Crippen LogP) is 3.59. The van der Waals surface area contributed by atoms with E-state index in [1.165, 1.54) is 21.3 Å². The molecule has 0 heterocycles. The van der Waals surface area contributed by atoms with E-state index in [-0.39, 0.29) is 6.54 Å². The number of carbonyl (C=O) groups is 1. The molecule has 3 aromatic carbocycles. The molecule has 10 heteroatoms. The van der Waals surface area contributed by atoms with Gasteiger partial charge in [0.2, 0.25) is 21.7 Å². The summed E-state index contributed by atoms with van der Waals surface area (Å²) in [6.07, 6.45) is 1.05. The number of methoxy groups -OCH3 is 3. The van der Waals surface area contributed by atoms with E-state index in [4.69, 9.17) is 18.9 Å². The fourth-order valence-electron chi connectivity index (χ4n) is 3.39. The molecule has 0 saturated carbocycles. The summed E-state index contributed by atoms with van der Waals surface area (Å²) in [7, 11) is 0.757. The Labute approximate surface area is 205 Å². The SMILES string of the molecule is COc1ccc(CNC(=O)CN(c2ccc(Oc3ccccc3)cc2)S(C)(=O)=O)c(OC)c1OC. The number of nitrogens with one attached hydrogen (secondary N) is 1. The van der Waals surface area contributed by atoms with Gasteiger partial charge in [-0.2, -0.15) is 0 Å². The number of ether oxygens (including phenoxy) is 4. The van der Waals surface area contributed by atoms with E-state index in [9.17, 15) is 13.2 Å². The number of hydrogen-bond donors (Lipinski definition) is 1. The third-order valence-electron chi connectivity index (χ3n) is 5.05. The minimum Gasteiger partial charge on any atom is -0.493 e. The number of amides is 1. The Balaban J connectivity index is 1.71. The van der Waals surface area contributed by atoms with Gasteiger partial charge in [-0.3, -0.25) is 9.10 Å². The fraction of sp³-hybridized carbons (Fsp3) is 0.240. The Bertz CT molecular complexity index is 1250. The number of hydrogen-bond acceptors (Lipinski definition) is 7. The van der Waals surface area contributed by atoms with E-state index in [1.54, 1.807) is 36.4 Å². The summed E-state index contributed by atoms with van der Waals surface area (Å²) in [4.78, 5) is 12.7. The molecule has 0 aliphatic rings. The van der Waals surface area contributed by atoms with Crippen LogP contribution in [0.3, 0.4) is 0 Å². The number of para-hydroxylation sites is 1. The molecule has 3 aromatic rings. The summed E-state index contributed by atoms with van der Waals surface area (Å²) in [6.45, 7) is -0.295. The smallest absolute Gasteiger partial charge is 0.241 e. The lowest BCUT2D eigenvalue weighted by molar-refractivity contribution is -0.119. The molecule has 3 rings (SSSR count). The number of benzene rings is 3. The zero-order valence-corrected chi connectivity index (χ0v) is 20.8. The van der Waals surface area contributed by atoms with Crippen molar-refractivity contribution in [3.63, 3.8) is 0 Å². The maximum atomic E-state index is 12.7. The number of rotatable bonds is 11. The van der Waals surface area contributed by atoms with Crippen LogP contribution in [0.4, 0.5) is 5.69 Å². The lowest BCUT2D eigenvalue weighted by Crippen LogP contribution is -2.40. The van der Waals surface area contributed by atoms with E-state index in [1.807, 2.05) is 30.3 Å². The minimum atomic E-state index is -3.73. The van der Waals surface area contributed by atoms with Gasteiger partial charge in [-0.05, 0) is 48.5 Å². The summed E-state index contributed by atoms with van der Waals surface area (Å²) < 4.78 is 47.7. The average molecular weight is 501 g/mol. The van der Waals surface area contributed by atoms with Crippen LogP contribution in [-0.2, 0) is 21.4 Å². The molecule has 0 unspecified atom stereocenters. The summed E-state index contributed by atoms with van der Waals surface area (Å²) >= 11 is 0. The van der Waals surface area contributed by atoms with Crippen molar-refractivity contribution in [2.45, 2.75) is 6.54 Å².